The van der Waals surface area contributed by atoms with Crippen molar-refractivity contribution in [2.24, 2.45) is 0 Å². The molecule has 1 saturated heterocycles. The molecule has 0 spiro atoms. The normalized spacial score (nSPS) is 14.5. The minimum absolute atomic E-state index is 0.0338. The van der Waals surface area contributed by atoms with Crippen LogP contribution in [0.1, 0.15) is 35.0 Å². The van der Waals surface area contributed by atoms with Gasteiger partial charge in [-0.3, -0.25) is 14.9 Å². The van der Waals surface area contributed by atoms with Gasteiger partial charge in [0.1, 0.15) is 5.75 Å². The molecule has 0 saturated carbocycles. The fourth-order valence-electron chi connectivity index (χ4n) is 3.52. The quantitative estimate of drug-likeness (QED) is 0.468. The number of likely N-dealkylation sites (tertiary alicyclic amines) is 1. The summed E-state index contributed by atoms with van der Waals surface area (Å²) in [7, 11) is 1.60. The van der Waals surface area contributed by atoms with Gasteiger partial charge in [-0.25, -0.2) is 0 Å². The van der Waals surface area contributed by atoms with Gasteiger partial charge in [-0.2, -0.15) is 4.98 Å². The van der Waals surface area contributed by atoms with Crippen molar-refractivity contribution in [1.82, 2.24) is 15.0 Å². The molecule has 2 aromatic carbocycles. The summed E-state index contributed by atoms with van der Waals surface area (Å²) in [6, 6.07) is 13.1. The van der Waals surface area contributed by atoms with E-state index in [2.05, 4.69) is 10.1 Å². The predicted octanol–water partition coefficient (Wildman–Crippen LogP) is 3.67. The number of nitro benzene ring substituents is 1. The summed E-state index contributed by atoms with van der Waals surface area (Å²) < 4.78 is 10.7. The Morgan fingerprint density at radius 1 is 1.20 bits per heavy atom. The maximum absolute atomic E-state index is 12.7. The highest BCUT2D eigenvalue weighted by atomic mass is 16.6. The Kier molecular flexibility index (Phi) is 5.42. The average Bonchev–Trinajstić information content (AvgIpc) is 3.29. The van der Waals surface area contributed by atoms with Gasteiger partial charge in [-0.05, 0) is 37.1 Å². The molecule has 1 amide bonds. The molecule has 0 atom stereocenters. The predicted molar refractivity (Wildman–Crippen MR) is 107 cm³/mol. The van der Waals surface area contributed by atoms with Crippen LogP contribution < -0.4 is 4.74 Å². The van der Waals surface area contributed by atoms with Gasteiger partial charge in [0.15, 0.2) is 0 Å². The van der Waals surface area contributed by atoms with Crippen LogP contribution in [-0.4, -0.2) is 46.1 Å². The number of nitro groups is 1. The number of piperidine rings is 1. The Morgan fingerprint density at radius 2 is 1.93 bits per heavy atom. The van der Waals surface area contributed by atoms with Crippen molar-refractivity contribution in [2.75, 3.05) is 20.2 Å². The lowest BCUT2D eigenvalue weighted by atomic mass is 9.96. The van der Waals surface area contributed by atoms with Crippen LogP contribution in [0.5, 0.6) is 5.75 Å². The molecule has 4 rings (SSSR count). The molecule has 1 aromatic heterocycles. The Hall–Kier alpha value is -3.75. The highest BCUT2D eigenvalue weighted by Crippen LogP contribution is 2.30. The number of rotatable bonds is 5. The highest BCUT2D eigenvalue weighted by Gasteiger charge is 2.28. The standard InChI is InChI=1S/C21H20N4O5/c1-29-18-4-2-3-16(13-18)19-22-20(30-23-19)14-9-11-24(12-10-14)21(26)15-5-7-17(8-6-15)25(27)28/h2-8,13-14H,9-12H2,1H3. The molecule has 2 heterocycles. The van der Waals surface area contributed by atoms with Crippen molar-refractivity contribution in [2.45, 2.75) is 18.8 Å². The summed E-state index contributed by atoms with van der Waals surface area (Å²) in [5, 5.41) is 14.8. The number of aromatic nitrogens is 2. The summed E-state index contributed by atoms with van der Waals surface area (Å²) in [5.74, 6) is 1.74. The number of non-ortho nitro benzene ring substituents is 1. The summed E-state index contributed by atoms with van der Waals surface area (Å²) in [4.78, 5) is 29.2. The number of benzene rings is 2. The Balaban J connectivity index is 1.39. The van der Waals surface area contributed by atoms with Crippen LogP contribution in [0.3, 0.4) is 0 Å². The van der Waals surface area contributed by atoms with E-state index in [1.807, 2.05) is 24.3 Å². The lowest BCUT2D eigenvalue weighted by molar-refractivity contribution is -0.384. The van der Waals surface area contributed by atoms with E-state index in [4.69, 9.17) is 9.26 Å². The van der Waals surface area contributed by atoms with E-state index in [1.165, 1.54) is 24.3 Å². The number of hydrogen-bond acceptors (Lipinski definition) is 7. The van der Waals surface area contributed by atoms with Crippen LogP contribution >= 0.6 is 0 Å². The zero-order valence-electron chi connectivity index (χ0n) is 16.4. The number of methoxy groups -OCH3 is 1. The van der Waals surface area contributed by atoms with Gasteiger partial charge in [0.2, 0.25) is 11.7 Å². The van der Waals surface area contributed by atoms with Crippen LogP contribution in [0.4, 0.5) is 5.69 Å². The lowest BCUT2D eigenvalue weighted by Crippen LogP contribution is -2.38. The SMILES string of the molecule is COc1cccc(-c2noc(C3CCN(C(=O)c4ccc([N+](=O)[O-])cc4)CC3)n2)c1. The maximum Gasteiger partial charge on any atom is 0.269 e. The van der Waals surface area contributed by atoms with Gasteiger partial charge in [0.05, 0.1) is 12.0 Å². The number of amides is 1. The van der Waals surface area contributed by atoms with Crippen molar-refractivity contribution in [3.63, 3.8) is 0 Å². The first kappa shape index (κ1) is 19.6. The third-order valence-electron chi connectivity index (χ3n) is 5.23. The van der Waals surface area contributed by atoms with E-state index >= 15 is 0 Å². The molecule has 0 unspecified atom stereocenters. The van der Waals surface area contributed by atoms with E-state index in [-0.39, 0.29) is 17.5 Å². The van der Waals surface area contributed by atoms with Crippen LogP contribution in [0, 0.1) is 10.1 Å². The molecule has 154 valence electrons. The van der Waals surface area contributed by atoms with Crippen LogP contribution in [0.15, 0.2) is 53.1 Å². The van der Waals surface area contributed by atoms with Crippen LogP contribution in [-0.2, 0) is 0 Å². The minimum atomic E-state index is -0.482. The third-order valence-corrected chi connectivity index (χ3v) is 5.23. The molecular formula is C21H20N4O5. The average molecular weight is 408 g/mol. The smallest absolute Gasteiger partial charge is 0.269 e. The van der Waals surface area contributed by atoms with Gasteiger partial charge in [0, 0.05) is 42.3 Å². The molecule has 0 aliphatic carbocycles. The molecule has 3 aromatic rings. The first-order valence-corrected chi connectivity index (χ1v) is 9.57. The van der Waals surface area contributed by atoms with Crippen molar-refractivity contribution in [3.05, 3.63) is 70.1 Å². The Bertz CT molecular complexity index is 1060. The topological polar surface area (TPSA) is 112 Å². The summed E-state index contributed by atoms with van der Waals surface area (Å²) in [6.07, 6.45) is 1.41. The van der Waals surface area contributed by atoms with E-state index in [9.17, 15) is 14.9 Å². The summed E-state index contributed by atoms with van der Waals surface area (Å²) >= 11 is 0. The van der Waals surface area contributed by atoms with E-state index in [0.29, 0.717) is 43.2 Å². The second-order valence-electron chi connectivity index (χ2n) is 7.06. The largest absolute Gasteiger partial charge is 0.497 e. The number of carbonyl (C=O) groups is 1. The molecular weight excluding hydrogens is 388 g/mol. The highest BCUT2D eigenvalue weighted by molar-refractivity contribution is 5.94. The Labute approximate surface area is 172 Å². The molecule has 9 heteroatoms. The van der Waals surface area contributed by atoms with E-state index in [1.54, 1.807) is 12.0 Å². The first-order chi connectivity index (χ1) is 14.5. The van der Waals surface area contributed by atoms with Crippen LogP contribution in [0.2, 0.25) is 0 Å². The molecule has 9 nitrogen and oxygen atoms in total. The van der Waals surface area contributed by atoms with Gasteiger partial charge in [-0.1, -0.05) is 17.3 Å². The fraction of sp³-hybridized carbons (Fsp3) is 0.286. The van der Waals surface area contributed by atoms with Gasteiger partial charge < -0.3 is 14.2 Å². The lowest BCUT2D eigenvalue weighted by Gasteiger charge is -2.30. The van der Waals surface area contributed by atoms with Crippen molar-refractivity contribution in [3.8, 4) is 17.1 Å². The molecule has 0 N–H and O–H groups in total. The van der Waals surface area contributed by atoms with Gasteiger partial charge in [-0.15, -0.1) is 0 Å². The molecule has 0 bridgehead atoms. The minimum Gasteiger partial charge on any atom is -0.497 e. The second kappa shape index (κ2) is 8.32. The molecule has 0 radical (unpaired) electrons. The number of hydrogen-bond donors (Lipinski definition) is 0. The van der Waals surface area contributed by atoms with E-state index < -0.39 is 4.92 Å². The van der Waals surface area contributed by atoms with Crippen molar-refractivity contribution < 1.29 is 19.0 Å². The molecule has 1 fully saturated rings. The number of ether oxygens (including phenoxy) is 1. The van der Waals surface area contributed by atoms with Crippen molar-refractivity contribution >= 4 is 11.6 Å². The summed E-state index contributed by atoms with van der Waals surface area (Å²) in [6.45, 7) is 1.11. The van der Waals surface area contributed by atoms with Gasteiger partial charge >= 0.3 is 0 Å². The van der Waals surface area contributed by atoms with Crippen molar-refractivity contribution in [1.29, 1.82) is 0 Å². The fourth-order valence-corrected chi connectivity index (χ4v) is 3.52. The van der Waals surface area contributed by atoms with Crippen LogP contribution in [0.25, 0.3) is 11.4 Å². The second-order valence-corrected chi connectivity index (χ2v) is 7.06. The monoisotopic (exact) mass is 408 g/mol. The molecule has 30 heavy (non-hydrogen) atoms. The zero-order chi connectivity index (χ0) is 21.1. The number of nitrogens with zero attached hydrogens (tertiary/aromatic N) is 4. The number of carbonyl (C=O) groups excluding carboxylic acids is 1. The maximum atomic E-state index is 12.7. The van der Waals surface area contributed by atoms with E-state index in [0.717, 1.165) is 11.3 Å². The third kappa shape index (κ3) is 4.00. The molecule has 1 aliphatic rings. The Morgan fingerprint density at radius 3 is 2.60 bits per heavy atom. The van der Waals surface area contributed by atoms with Gasteiger partial charge in [0.25, 0.3) is 11.6 Å². The molecule has 1 aliphatic heterocycles. The summed E-state index contributed by atoms with van der Waals surface area (Å²) in [5.41, 5.74) is 1.22. The zero-order valence-corrected chi connectivity index (χ0v) is 16.4. The first-order valence-electron chi connectivity index (χ1n) is 9.57.